The van der Waals surface area contributed by atoms with Crippen molar-refractivity contribution in [3.05, 3.63) is 77.4 Å². The molecule has 10 heteroatoms. The standard InChI is InChI=1S/C31H34N2O8/c1-32(15-19-5-11-24(38-3)26(13-19)39-4)28(34)17-33-16-23(21-8-12-25-27(14-21)41-18-40-25)29(31(35)36)30(33)20-6-9-22(37-2)10-7-20/h5-14,23,29-30H,15-18H2,1-4H3,(H,35,36). The van der Waals surface area contributed by atoms with Crippen molar-refractivity contribution in [3.63, 3.8) is 0 Å². The van der Waals surface area contributed by atoms with E-state index in [1.807, 2.05) is 59.5 Å². The van der Waals surface area contributed by atoms with Crippen LogP contribution in [-0.4, -0.2) is 75.0 Å². The number of ether oxygens (including phenoxy) is 5. The lowest BCUT2D eigenvalue weighted by molar-refractivity contribution is -0.143. The van der Waals surface area contributed by atoms with Crippen LogP contribution in [0.25, 0.3) is 0 Å². The molecule has 2 heterocycles. The van der Waals surface area contributed by atoms with Crippen LogP contribution in [0.15, 0.2) is 60.7 Å². The summed E-state index contributed by atoms with van der Waals surface area (Å²) in [4.78, 5) is 30.0. The molecule has 0 aliphatic carbocycles. The fraction of sp³-hybridized carbons (Fsp3) is 0.355. The van der Waals surface area contributed by atoms with Crippen LogP contribution >= 0.6 is 0 Å². The first kappa shape index (κ1) is 28.1. The van der Waals surface area contributed by atoms with E-state index in [9.17, 15) is 14.7 Å². The Morgan fingerprint density at radius 1 is 0.902 bits per heavy atom. The van der Waals surface area contributed by atoms with E-state index in [2.05, 4.69) is 0 Å². The Kier molecular flexibility index (Phi) is 8.21. The van der Waals surface area contributed by atoms with Crippen LogP contribution < -0.4 is 23.7 Å². The smallest absolute Gasteiger partial charge is 0.309 e. The van der Waals surface area contributed by atoms with Crippen LogP contribution in [0.1, 0.15) is 28.7 Å². The third-order valence-electron chi connectivity index (χ3n) is 7.80. The van der Waals surface area contributed by atoms with Crippen LogP contribution in [0, 0.1) is 5.92 Å². The van der Waals surface area contributed by atoms with Gasteiger partial charge in [0.25, 0.3) is 0 Å². The summed E-state index contributed by atoms with van der Waals surface area (Å²) < 4.78 is 27.1. The summed E-state index contributed by atoms with van der Waals surface area (Å²) in [6.07, 6.45) is 0. The van der Waals surface area contributed by atoms with E-state index in [4.69, 9.17) is 23.7 Å². The number of fused-ring (bicyclic) bond motifs is 1. The van der Waals surface area contributed by atoms with E-state index in [-0.39, 0.29) is 25.2 Å². The minimum absolute atomic E-state index is 0.0469. The monoisotopic (exact) mass is 562 g/mol. The molecule has 10 nitrogen and oxygen atoms in total. The second-order valence-corrected chi connectivity index (χ2v) is 10.2. The van der Waals surface area contributed by atoms with Gasteiger partial charge in [-0.05, 0) is 53.1 Å². The first-order chi connectivity index (χ1) is 19.8. The summed E-state index contributed by atoms with van der Waals surface area (Å²) in [5, 5.41) is 10.5. The number of aliphatic carboxylic acids is 1. The highest BCUT2D eigenvalue weighted by molar-refractivity contribution is 5.79. The molecule has 1 amide bonds. The molecule has 3 atom stereocenters. The number of hydrogen-bond acceptors (Lipinski definition) is 8. The van der Waals surface area contributed by atoms with Gasteiger partial charge in [-0.1, -0.05) is 24.3 Å². The molecule has 0 spiro atoms. The van der Waals surface area contributed by atoms with Gasteiger partial charge in [0, 0.05) is 32.1 Å². The maximum Gasteiger partial charge on any atom is 0.309 e. The van der Waals surface area contributed by atoms with E-state index >= 15 is 0 Å². The number of rotatable bonds is 10. The third-order valence-corrected chi connectivity index (χ3v) is 7.80. The maximum absolute atomic E-state index is 13.6. The molecular formula is C31H34N2O8. The van der Waals surface area contributed by atoms with Gasteiger partial charge in [0.1, 0.15) is 5.75 Å². The average molecular weight is 563 g/mol. The number of methoxy groups -OCH3 is 3. The zero-order valence-corrected chi connectivity index (χ0v) is 23.5. The second-order valence-electron chi connectivity index (χ2n) is 10.2. The molecule has 2 aliphatic heterocycles. The summed E-state index contributed by atoms with van der Waals surface area (Å²) in [6.45, 7) is 0.913. The van der Waals surface area contributed by atoms with E-state index < -0.39 is 17.9 Å². The Labute approximate surface area is 238 Å². The number of carboxylic acid groups (broad SMARTS) is 1. The third kappa shape index (κ3) is 5.74. The topological polar surface area (TPSA) is 107 Å². The van der Waals surface area contributed by atoms with Crippen molar-refractivity contribution in [1.82, 2.24) is 9.80 Å². The molecule has 5 rings (SSSR count). The normalized spacial score (nSPS) is 19.6. The van der Waals surface area contributed by atoms with Gasteiger partial charge < -0.3 is 33.7 Å². The van der Waals surface area contributed by atoms with Crippen LogP contribution in [0.4, 0.5) is 0 Å². The molecule has 1 fully saturated rings. The Hall–Kier alpha value is -4.44. The zero-order chi connectivity index (χ0) is 29.1. The molecule has 3 aromatic rings. The fourth-order valence-corrected chi connectivity index (χ4v) is 5.71. The van der Waals surface area contributed by atoms with E-state index in [1.165, 1.54) is 0 Å². The molecule has 0 radical (unpaired) electrons. The van der Waals surface area contributed by atoms with Crippen molar-refractivity contribution in [1.29, 1.82) is 0 Å². The second kappa shape index (κ2) is 12.0. The SMILES string of the molecule is COc1ccc(C2C(C(=O)O)C(c3ccc4c(c3)OCO4)CN2CC(=O)N(C)Cc2ccc(OC)c(OC)c2)cc1. The number of likely N-dealkylation sites (N-methyl/N-ethyl adjacent to an activating group) is 1. The highest BCUT2D eigenvalue weighted by Crippen LogP contribution is 2.47. The predicted molar refractivity (Wildman–Crippen MR) is 150 cm³/mol. The number of nitrogens with zero attached hydrogens (tertiary/aromatic N) is 2. The number of amides is 1. The Balaban J connectivity index is 1.42. The molecule has 0 bridgehead atoms. The Morgan fingerprint density at radius 2 is 1.61 bits per heavy atom. The molecular weight excluding hydrogens is 528 g/mol. The largest absolute Gasteiger partial charge is 0.497 e. The van der Waals surface area contributed by atoms with Crippen LogP contribution in [0.3, 0.4) is 0 Å². The number of carbonyl (C=O) groups excluding carboxylic acids is 1. The van der Waals surface area contributed by atoms with Crippen LogP contribution in [0.2, 0.25) is 0 Å². The molecule has 0 aromatic heterocycles. The lowest BCUT2D eigenvalue weighted by Crippen LogP contribution is -2.39. The van der Waals surface area contributed by atoms with E-state index in [1.54, 1.807) is 39.3 Å². The first-order valence-electron chi connectivity index (χ1n) is 13.3. The summed E-state index contributed by atoms with van der Waals surface area (Å²) >= 11 is 0. The molecule has 41 heavy (non-hydrogen) atoms. The van der Waals surface area contributed by atoms with Gasteiger partial charge in [-0.2, -0.15) is 0 Å². The maximum atomic E-state index is 13.6. The molecule has 2 aliphatic rings. The summed E-state index contributed by atoms with van der Waals surface area (Å²) in [6, 6.07) is 17.9. The van der Waals surface area contributed by atoms with Crippen molar-refractivity contribution in [2.24, 2.45) is 5.92 Å². The zero-order valence-electron chi connectivity index (χ0n) is 23.5. The fourth-order valence-electron chi connectivity index (χ4n) is 5.71. The summed E-state index contributed by atoms with van der Waals surface area (Å²) in [5.41, 5.74) is 2.51. The first-order valence-corrected chi connectivity index (χ1v) is 13.3. The van der Waals surface area contributed by atoms with Crippen LogP contribution in [0.5, 0.6) is 28.7 Å². The van der Waals surface area contributed by atoms with Gasteiger partial charge in [0.05, 0.1) is 33.8 Å². The highest BCUT2D eigenvalue weighted by atomic mass is 16.7. The number of carbonyl (C=O) groups is 2. The van der Waals surface area contributed by atoms with Crippen molar-refractivity contribution in [2.75, 3.05) is 48.3 Å². The summed E-state index contributed by atoms with van der Waals surface area (Å²) in [5.74, 6) is 0.857. The number of carboxylic acids is 1. The number of benzene rings is 3. The van der Waals surface area contributed by atoms with Gasteiger partial charge in [0.2, 0.25) is 12.7 Å². The highest BCUT2D eigenvalue weighted by Gasteiger charge is 2.48. The van der Waals surface area contributed by atoms with Gasteiger partial charge >= 0.3 is 5.97 Å². The van der Waals surface area contributed by atoms with Gasteiger partial charge in [-0.3, -0.25) is 14.5 Å². The molecule has 0 saturated carbocycles. The predicted octanol–water partition coefficient (Wildman–Crippen LogP) is 3.94. The van der Waals surface area contributed by atoms with Crippen molar-refractivity contribution in [2.45, 2.75) is 18.5 Å². The van der Waals surface area contributed by atoms with Gasteiger partial charge in [-0.25, -0.2) is 0 Å². The number of likely N-dealkylation sites (tertiary alicyclic amines) is 1. The molecule has 3 unspecified atom stereocenters. The van der Waals surface area contributed by atoms with E-state index in [0.29, 0.717) is 41.8 Å². The summed E-state index contributed by atoms with van der Waals surface area (Å²) in [7, 11) is 6.46. The molecule has 1 saturated heterocycles. The lowest BCUT2D eigenvalue weighted by Gasteiger charge is -2.28. The number of hydrogen-bond donors (Lipinski definition) is 1. The minimum Gasteiger partial charge on any atom is -0.497 e. The van der Waals surface area contributed by atoms with Gasteiger partial charge in [0.15, 0.2) is 23.0 Å². The van der Waals surface area contributed by atoms with Crippen molar-refractivity contribution < 1.29 is 38.4 Å². The van der Waals surface area contributed by atoms with Crippen LogP contribution in [-0.2, 0) is 16.1 Å². The average Bonchev–Trinajstić information content (AvgIpc) is 3.61. The Bertz CT molecular complexity index is 1410. The van der Waals surface area contributed by atoms with E-state index in [0.717, 1.165) is 16.7 Å². The van der Waals surface area contributed by atoms with Crippen molar-refractivity contribution >= 4 is 11.9 Å². The van der Waals surface area contributed by atoms with Crippen molar-refractivity contribution in [3.8, 4) is 28.7 Å². The molecule has 3 aromatic carbocycles. The van der Waals surface area contributed by atoms with Gasteiger partial charge in [-0.15, -0.1) is 0 Å². The molecule has 216 valence electrons. The molecule has 1 N–H and O–H groups in total. The quantitative estimate of drug-likeness (QED) is 0.393. The minimum atomic E-state index is -0.929. The lowest BCUT2D eigenvalue weighted by atomic mass is 9.82. The Morgan fingerprint density at radius 3 is 2.29 bits per heavy atom.